The first-order chi connectivity index (χ1) is 20.3. The van der Waals surface area contributed by atoms with E-state index in [0.29, 0.717) is 24.5 Å². The number of aliphatic hydroxyl groups excluding tert-OH is 1. The molecule has 222 valence electrons. The Morgan fingerprint density at radius 2 is 1.93 bits per heavy atom. The van der Waals surface area contributed by atoms with Crippen molar-refractivity contribution in [1.82, 2.24) is 25.2 Å². The maximum absolute atomic E-state index is 14.3. The number of fused-ring (bicyclic) bond motifs is 2. The smallest absolute Gasteiger partial charge is 0.245 e. The number of nitrogens with one attached hydrogen (secondary N) is 2. The molecule has 3 fully saturated rings. The molecule has 11 nitrogen and oxygen atoms in total. The van der Waals surface area contributed by atoms with Gasteiger partial charge in [0.05, 0.1) is 41.4 Å². The van der Waals surface area contributed by atoms with Crippen molar-refractivity contribution in [2.45, 2.75) is 62.4 Å². The van der Waals surface area contributed by atoms with Crippen LogP contribution in [-0.2, 0) is 21.1 Å². The lowest BCUT2D eigenvalue weighted by Crippen LogP contribution is -2.57. The Kier molecular flexibility index (Phi) is 7.61. The summed E-state index contributed by atoms with van der Waals surface area (Å²) in [5.41, 5.74) is 2.12. The molecule has 1 aromatic heterocycles. The maximum Gasteiger partial charge on any atom is 0.245 e. The highest BCUT2D eigenvalue weighted by Crippen LogP contribution is 2.66. The summed E-state index contributed by atoms with van der Waals surface area (Å²) in [5.74, 6) is -1.42. The van der Waals surface area contributed by atoms with E-state index in [1.165, 1.54) is 0 Å². The van der Waals surface area contributed by atoms with Gasteiger partial charge in [0.25, 0.3) is 0 Å². The van der Waals surface area contributed by atoms with Crippen molar-refractivity contribution in [3.8, 4) is 5.75 Å². The molecule has 0 aliphatic carbocycles. The fourth-order valence-corrected chi connectivity index (χ4v) is 9.18. The molecule has 3 aliphatic heterocycles. The van der Waals surface area contributed by atoms with Crippen molar-refractivity contribution in [3.63, 3.8) is 0 Å². The monoisotopic (exact) mass is 592 g/mol. The molecule has 4 heterocycles. The Morgan fingerprint density at radius 3 is 2.64 bits per heavy atom. The minimum absolute atomic E-state index is 0.0787. The molecule has 2 aromatic carbocycles. The van der Waals surface area contributed by atoms with Crippen LogP contribution in [0.5, 0.6) is 5.75 Å². The Balaban J connectivity index is 1.28. The van der Waals surface area contributed by atoms with Gasteiger partial charge in [0.15, 0.2) is 0 Å². The molecule has 2 bridgehead atoms. The Morgan fingerprint density at radius 1 is 1.17 bits per heavy atom. The highest BCUT2D eigenvalue weighted by Gasteiger charge is 2.74. The zero-order chi connectivity index (χ0) is 29.6. The molecule has 42 heavy (non-hydrogen) atoms. The van der Waals surface area contributed by atoms with Crippen molar-refractivity contribution in [2.75, 3.05) is 18.5 Å². The Labute approximate surface area is 248 Å². The first-order valence-electron chi connectivity index (χ1n) is 14.5. The number of thioether (sulfide) groups is 1. The van der Waals surface area contributed by atoms with Gasteiger partial charge in [-0.2, -0.15) is 0 Å². The molecule has 3 N–H and O–H groups in total. The van der Waals surface area contributed by atoms with E-state index >= 15 is 0 Å². The fraction of sp³-hybridized carbons (Fsp3) is 0.500. The van der Waals surface area contributed by atoms with E-state index in [-0.39, 0.29) is 42.2 Å². The SMILES string of the molecule is CCOc1ccc(NC(=O)[C@@H]2[C@H]3C(=O)N([C@@H](CO)C(C)C)C(C(=O)NCn4nnc5ccccc54)C34CC[C@H]2S4)cc1. The summed E-state index contributed by atoms with van der Waals surface area (Å²) in [6.45, 7) is 6.12. The van der Waals surface area contributed by atoms with Crippen LogP contribution in [0.4, 0.5) is 5.69 Å². The first-order valence-corrected chi connectivity index (χ1v) is 15.4. The molecule has 12 heteroatoms. The minimum Gasteiger partial charge on any atom is -0.494 e. The average Bonchev–Trinajstić information content (AvgIpc) is 3.73. The number of carbonyl (C=O) groups is 3. The third-order valence-corrected chi connectivity index (χ3v) is 10.8. The number of rotatable bonds is 10. The zero-order valence-electron chi connectivity index (χ0n) is 23.9. The van der Waals surface area contributed by atoms with Crippen LogP contribution in [0.1, 0.15) is 33.6 Å². The summed E-state index contributed by atoms with van der Waals surface area (Å²) in [5, 5.41) is 24.7. The van der Waals surface area contributed by atoms with Gasteiger partial charge in [0.1, 0.15) is 24.0 Å². The van der Waals surface area contributed by atoms with Gasteiger partial charge in [-0.25, -0.2) is 4.68 Å². The first kappa shape index (κ1) is 28.5. The van der Waals surface area contributed by atoms with Gasteiger partial charge in [0, 0.05) is 10.9 Å². The molecule has 3 saturated heterocycles. The maximum atomic E-state index is 14.3. The van der Waals surface area contributed by atoms with Gasteiger partial charge in [-0.05, 0) is 62.1 Å². The number of para-hydroxylation sites is 1. The second kappa shape index (κ2) is 11.2. The summed E-state index contributed by atoms with van der Waals surface area (Å²) < 4.78 is 6.35. The molecular weight excluding hydrogens is 556 g/mol. The van der Waals surface area contributed by atoms with E-state index in [4.69, 9.17) is 4.74 Å². The van der Waals surface area contributed by atoms with Crippen molar-refractivity contribution < 1.29 is 24.2 Å². The van der Waals surface area contributed by atoms with Gasteiger partial charge < -0.3 is 25.4 Å². The van der Waals surface area contributed by atoms with Gasteiger partial charge >= 0.3 is 0 Å². The zero-order valence-corrected chi connectivity index (χ0v) is 24.7. The molecule has 3 aliphatic rings. The quantitative estimate of drug-likeness (QED) is 0.327. The van der Waals surface area contributed by atoms with Gasteiger partial charge in [-0.3, -0.25) is 14.4 Å². The summed E-state index contributed by atoms with van der Waals surface area (Å²) in [7, 11) is 0. The number of anilines is 1. The molecular formula is C30H36N6O5S. The number of carbonyl (C=O) groups excluding carboxylic acids is 3. The van der Waals surface area contributed by atoms with Crippen molar-refractivity contribution in [2.24, 2.45) is 17.8 Å². The highest BCUT2D eigenvalue weighted by atomic mass is 32.2. The second-order valence-corrected chi connectivity index (χ2v) is 13.1. The average molecular weight is 593 g/mol. The fourth-order valence-electron chi connectivity index (χ4n) is 6.98. The number of amides is 3. The number of ether oxygens (including phenoxy) is 1. The molecule has 0 saturated carbocycles. The Hall–Kier alpha value is -3.64. The number of benzene rings is 2. The summed E-state index contributed by atoms with van der Waals surface area (Å²) >= 11 is 1.59. The van der Waals surface area contributed by atoms with Crippen LogP contribution in [0.15, 0.2) is 48.5 Å². The number of likely N-dealkylation sites (tertiary alicyclic amines) is 1. The minimum atomic E-state index is -0.831. The molecule has 1 spiro atoms. The third kappa shape index (κ3) is 4.60. The second-order valence-electron chi connectivity index (χ2n) is 11.5. The summed E-state index contributed by atoms with van der Waals surface area (Å²) in [6.07, 6.45) is 1.37. The summed E-state index contributed by atoms with van der Waals surface area (Å²) in [6, 6.07) is 13.3. The third-order valence-electron chi connectivity index (χ3n) is 8.86. The van der Waals surface area contributed by atoms with Crippen LogP contribution in [0, 0.1) is 17.8 Å². The molecule has 3 amide bonds. The number of aromatic nitrogens is 3. The van der Waals surface area contributed by atoms with E-state index in [2.05, 4.69) is 20.9 Å². The normalized spacial score (nSPS) is 27.0. The molecule has 6 rings (SSSR count). The van der Waals surface area contributed by atoms with E-state index in [9.17, 15) is 19.5 Å². The predicted molar refractivity (Wildman–Crippen MR) is 159 cm³/mol. The predicted octanol–water partition coefficient (Wildman–Crippen LogP) is 2.65. The van der Waals surface area contributed by atoms with E-state index in [0.717, 1.165) is 17.5 Å². The topological polar surface area (TPSA) is 139 Å². The lowest BCUT2D eigenvalue weighted by molar-refractivity contribution is -0.143. The van der Waals surface area contributed by atoms with Crippen LogP contribution >= 0.6 is 11.8 Å². The van der Waals surface area contributed by atoms with Crippen molar-refractivity contribution >= 4 is 46.2 Å². The number of aliphatic hydroxyl groups is 1. The largest absolute Gasteiger partial charge is 0.494 e. The number of nitrogens with zero attached hydrogens (tertiary/aromatic N) is 4. The van der Waals surface area contributed by atoms with Crippen LogP contribution in [-0.4, -0.2) is 78.0 Å². The highest BCUT2D eigenvalue weighted by molar-refractivity contribution is 8.02. The van der Waals surface area contributed by atoms with Crippen LogP contribution < -0.4 is 15.4 Å². The standard InChI is InChI=1S/C30H36N6O5S/c1-4-41-19-11-9-18(10-12-19)32-27(38)24-23-13-14-30(42-23)25(24)29(40)36(22(15-37)17(2)3)26(30)28(39)31-16-35-21-8-6-5-7-20(21)33-34-35/h5-12,17,22-26,37H,4,13-16H2,1-3H3,(H,31,39)(H,32,38)/t22-,23+,24-,25-,26?,30?/m0/s1. The van der Waals surface area contributed by atoms with Gasteiger partial charge in [-0.15, -0.1) is 16.9 Å². The molecule has 6 atom stereocenters. The van der Waals surface area contributed by atoms with Crippen LogP contribution in [0.25, 0.3) is 11.0 Å². The molecule has 3 aromatic rings. The lowest BCUT2D eigenvalue weighted by atomic mass is 9.70. The van der Waals surface area contributed by atoms with E-state index in [1.807, 2.05) is 45.0 Å². The van der Waals surface area contributed by atoms with Crippen LogP contribution in [0.3, 0.4) is 0 Å². The van der Waals surface area contributed by atoms with E-state index < -0.39 is 28.7 Å². The molecule has 0 radical (unpaired) electrons. The number of hydrogen-bond donors (Lipinski definition) is 3. The number of hydrogen-bond acceptors (Lipinski definition) is 8. The van der Waals surface area contributed by atoms with Crippen LogP contribution in [0.2, 0.25) is 0 Å². The Bertz CT molecular complexity index is 1490. The lowest BCUT2D eigenvalue weighted by Gasteiger charge is -2.38. The van der Waals surface area contributed by atoms with E-state index in [1.54, 1.807) is 45.6 Å². The summed E-state index contributed by atoms with van der Waals surface area (Å²) in [4.78, 5) is 43.7. The van der Waals surface area contributed by atoms with Gasteiger partial charge in [0.2, 0.25) is 17.7 Å². The van der Waals surface area contributed by atoms with Crippen molar-refractivity contribution in [3.05, 3.63) is 48.5 Å². The van der Waals surface area contributed by atoms with Gasteiger partial charge in [-0.1, -0.05) is 31.2 Å². The van der Waals surface area contributed by atoms with Crippen molar-refractivity contribution in [1.29, 1.82) is 0 Å². The molecule has 2 unspecified atom stereocenters.